The summed E-state index contributed by atoms with van der Waals surface area (Å²) in [5.74, 6) is -0.109. The number of aromatic nitrogens is 1. The van der Waals surface area contributed by atoms with Crippen LogP contribution in [0.5, 0.6) is 0 Å². The molecule has 2 aliphatic heterocycles. The summed E-state index contributed by atoms with van der Waals surface area (Å²) in [5, 5.41) is 2.86. The van der Waals surface area contributed by atoms with Crippen LogP contribution in [0.2, 0.25) is 0 Å². The van der Waals surface area contributed by atoms with E-state index < -0.39 is 5.54 Å². The second kappa shape index (κ2) is 5.12. The van der Waals surface area contributed by atoms with Crippen LogP contribution in [0, 0.1) is 0 Å². The zero-order valence-electron chi connectivity index (χ0n) is 11.5. The lowest BCUT2D eigenvalue weighted by atomic mass is 9.94. The topological polar surface area (TPSA) is 86.5 Å². The van der Waals surface area contributed by atoms with Gasteiger partial charge in [-0.3, -0.25) is 9.78 Å². The monoisotopic (exact) mass is 277 g/mol. The number of rotatable bonds is 3. The summed E-state index contributed by atoms with van der Waals surface area (Å²) >= 11 is 0. The van der Waals surface area contributed by atoms with Crippen molar-refractivity contribution in [3.63, 3.8) is 0 Å². The van der Waals surface area contributed by atoms with Gasteiger partial charge in [-0.2, -0.15) is 0 Å². The molecule has 0 saturated carbocycles. The quantitative estimate of drug-likeness (QED) is 0.852. The number of hydrogen-bond donors (Lipinski definition) is 2. The molecule has 2 saturated heterocycles. The predicted molar refractivity (Wildman–Crippen MR) is 73.1 cm³/mol. The SMILES string of the molecule is CC1CCC(C(=O)Nc2ccnc(C3(N)COC3)c2)O1. The second-order valence-corrected chi connectivity index (χ2v) is 5.58. The molecule has 3 rings (SSSR count). The fraction of sp³-hybridized carbons (Fsp3) is 0.571. The lowest BCUT2D eigenvalue weighted by molar-refractivity contribution is -0.126. The number of nitrogens with two attached hydrogens (primary N) is 1. The van der Waals surface area contributed by atoms with Crippen LogP contribution < -0.4 is 11.1 Å². The molecular weight excluding hydrogens is 258 g/mol. The molecule has 1 amide bonds. The molecule has 0 bridgehead atoms. The van der Waals surface area contributed by atoms with Crippen LogP contribution in [0.15, 0.2) is 18.3 Å². The van der Waals surface area contributed by atoms with Crippen LogP contribution in [0.1, 0.15) is 25.5 Å². The lowest BCUT2D eigenvalue weighted by Gasteiger charge is -2.37. The van der Waals surface area contributed by atoms with Crippen LogP contribution in [-0.4, -0.2) is 36.3 Å². The third-order valence-electron chi connectivity index (χ3n) is 3.78. The predicted octanol–water partition coefficient (Wildman–Crippen LogP) is 0.772. The molecule has 1 aromatic rings. The maximum absolute atomic E-state index is 12.1. The maximum Gasteiger partial charge on any atom is 0.253 e. The molecular formula is C14H19N3O3. The first-order valence-corrected chi connectivity index (χ1v) is 6.86. The molecule has 2 fully saturated rings. The van der Waals surface area contributed by atoms with Gasteiger partial charge in [-0.05, 0) is 31.9 Å². The highest BCUT2D eigenvalue weighted by Crippen LogP contribution is 2.27. The van der Waals surface area contributed by atoms with Gasteiger partial charge in [0.25, 0.3) is 5.91 Å². The number of pyridine rings is 1. The van der Waals surface area contributed by atoms with Gasteiger partial charge in [-0.15, -0.1) is 0 Å². The molecule has 1 aromatic heterocycles. The highest BCUT2D eigenvalue weighted by atomic mass is 16.5. The van der Waals surface area contributed by atoms with E-state index in [-0.39, 0.29) is 18.1 Å². The fourth-order valence-electron chi connectivity index (χ4n) is 2.47. The van der Waals surface area contributed by atoms with Crippen molar-refractivity contribution in [3.8, 4) is 0 Å². The van der Waals surface area contributed by atoms with Gasteiger partial charge < -0.3 is 20.5 Å². The molecule has 3 N–H and O–H groups in total. The number of amides is 1. The Morgan fingerprint density at radius 3 is 2.90 bits per heavy atom. The van der Waals surface area contributed by atoms with Crippen molar-refractivity contribution in [1.29, 1.82) is 0 Å². The molecule has 20 heavy (non-hydrogen) atoms. The number of hydrogen-bond acceptors (Lipinski definition) is 5. The Bertz CT molecular complexity index is 516. The van der Waals surface area contributed by atoms with Gasteiger partial charge in [0.05, 0.1) is 25.0 Å². The Hall–Kier alpha value is -1.50. The Morgan fingerprint density at radius 2 is 2.30 bits per heavy atom. The van der Waals surface area contributed by atoms with E-state index in [1.54, 1.807) is 18.3 Å². The number of ether oxygens (including phenoxy) is 2. The van der Waals surface area contributed by atoms with E-state index in [1.165, 1.54) is 0 Å². The number of carbonyl (C=O) groups excluding carboxylic acids is 1. The van der Waals surface area contributed by atoms with E-state index in [0.717, 1.165) is 18.5 Å². The maximum atomic E-state index is 12.1. The zero-order valence-corrected chi connectivity index (χ0v) is 11.5. The summed E-state index contributed by atoms with van der Waals surface area (Å²) in [6.07, 6.45) is 3.12. The van der Waals surface area contributed by atoms with Gasteiger partial charge in [0.2, 0.25) is 0 Å². The van der Waals surface area contributed by atoms with Gasteiger partial charge >= 0.3 is 0 Å². The summed E-state index contributed by atoms with van der Waals surface area (Å²) < 4.78 is 10.7. The third-order valence-corrected chi connectivity index (χ3v) is 3.78. The smallest absolute Gasteiger partial charge is 0.253 e. The first-order chi connectivity index (χ1) is 9.57. The van der Waals surface area contributed by atoms with Crippen LogP contribution in [0.25, 0.3) is 0 Å². The summed E-state index contributed by atoms with van der Waals surface area (Å²) in [6, 6.07) is 3.56. The van der Waals surface area contributed by atoms with Crippen molar-refractivity contribution in [2.45, 2.75) is 37.5 Å². The van der Waals surface area contributed by atoms with Crippen molar-refractivity contribution in [2.24, 2.45) is 5.73 Å². The van der Waals surface area contributed by atoms with Gasteiger partial charge in [0.1, 0.15) is 11.6 Å². The fourth-order valence-corrected chi connectivity index (χ4v) is 2.47. The average molecular weight is 277 g/mol. The highest BCUT2D eigenvalue weighted by molar-refractivity contribution is 5.94. The minimum Gasteiger partial charge on any atom is -0.377 e. The van der Waals surface area contributed by atoms with E-state index in [4.69, 9.17) is 15.2 Å². The number of nitrogens with one attached hydrogen (secondary N) is 1. The van der Waals surface area contributed by atoms with Crippen LogP contribution in [-0.2, 0) is 19.8 Å². The normalized spacial score (nSPS) is 27.9. The van der Waals surface area contributed by atoms with Crippen molar-refractivity contribution in [3.05, 3.63) is 24.0 Å². The first-order valence-electron chi connectivity index (χ1n) is 6.86. The van der Waals surface area contributed by atoms with Gasteiger partial charge in [-0.25, -0.2) is 0 Å². The standard InChI is InChI=1S/C14H19N3O3/c1-9-2-3-11(20-9)13(18)17-10-4-5-16-12(6-10)14(15)7-19-8-14/h4-6,9,11H,2-3,7-8,15H2,1H3,(H,16,17,18). The van der Waals surface area contributed by atoms with Crippen molar-refractivity contribution in [2.75, 3.05) is 18.5 Å². The third kappa shape index (κ3) is 2.54. The number of anilines is 1. The molecule has 0 radical (unpaired) electrons. The van der Waals surface area contributed by atoms with Crippen LogP contribution in [0.3, 0.4) is 0 Å². The highest BCUT2D eigenvalue weighted by Gasteiger charge is 2.37. The Kier molecular flexibility index (Phi) is 3.45. The Balaban J connectivity index is 1.68. The van der Waals surface area contributed by atoms with E-state index in [1.807, 2.05) is 6.92 Å². The molecule has 6 nitrogen and oxygen atoms in total. The summed E-state index contributed by atoms with van der Waals surface area (Å²) in [7, 11) is 0. The van der Waals surface area contributed by atoms with Gasteiger partial charge in [0.15, 0.2) is 0 Å². The average Bonchev–Trinajstić information content (AvgIpc) is 2.83. The molecule has 108 valence electrons. The largest absolute Gasteiger partial charge is 0.377 e. The molecule has 2 aliphatic rings. The number of nitrogens with zero attached hydrogens (tertiary/aromatic N) is 1. The first kappa shape index (κ1) is 13.5. The molecule has 0 aliphatic carbocycles. The molecule has 2 unspecified atom stereocenters. The van der Waals surface area contributed by atoms with Crippen molar-refractivity contribution < 1.29 is 14.3 Å². The van der Waals surface area contributed by atoms with E-state index >= 15 is 0 Å². The molecule has 0 spiro atoms. The Labute approximate surface area is 117 Å². The van der Waals surface area contributed by atoms with Gasteiger partial charge in [-0.1, -0.05) is 0 Å². The van der Waals surface area contributed by atoms with Crippen LogP contribution >= 0.6 is 0 Å². The minimum atomic E-state index is -0.529. The minimum absolute atomic E-state index is 0.109. The van der Waals surface area contributed by atoms with E-state index in [2.05, 4.69) is 10.3 Å². The lowest BCUT2D eigenvalue weighted by Crippen LogP contribution is -2.54. The van der Waals surface area contributed by atoms with Crippen molar-refractivity contribution in [1.82, 2.24) is 4.98 Å². The summed E-state index contributed by atoms with van der Waals surface area (Å²) in [6.45, 7) is 2.90. The molecule has 3 heterocycles. The van der Waals surface area contributed by atoms with Crippen LogP contribution in [0.4, 0.5) is 5.69 Å². The second-order valence-electron chi connectivity index (χ2n) is 5.58. The number of carbonyl (C=O) groups is 1. The summed E-state index contributed by atoms with van der Waals surface area (Å²) in [5.41, 5.74) is 7.04. The van der Waals surface area contributed by atoms with Gasteiger partial charge in [0, 0.05) is 11.9 Å². The molecule has 2 atom stereocenters. The summed E-state index contributed by atoms with van der Waals surface area (Å²) in [4.78, 5) is 16.4. The Morgan fingerprint density at radius 1 is 1.50 bits per heavy atom. The van der Waals surface area contributed by atoms with E-state index in [0.29, 0.717) is 18.9 Å². The van der Waals surface area contributed by atoms with Crippen molar-refractivity contribution >= 4 is 11.6 Å². The molecule has 0 aromatic carbocycles. The zero-order chi connectivity index (χ0) is 14.2. The molecule has 6 heteroatoms. The van der Waals surface area contributed by atoms with E-state index in [9.17, 15) is 4.79 Å².